The predicted octanol–water partition coefficient (Wildman–Crippen LogP) is 4.79. The first kappa shape index (κ1) is 17.9. The number of hydrazone groups is 1. The molecule has 0 aliphatic rings. The molecule has 0 aliphatic carbocycles. The fraction of sp³-hybridized carbons (Fsp3) is 0. The van der Waals surface area contributed by atoms with Crippen molar-refractivity contribution in [2.75, 3.05) is 0 Å². The van der Waals surface area contributed by atoms with E-state index >= 15 is 0 Å². The summed E-state index contributed by atoms with van der Waals surface area (Å²) in [7, 11) is 0. The van der Waals surface area contributed by atoms with Crippen molar-refractivity contribution in [3.63, 3.8) is 0 Å². The van der Waals surface area contributed by atoms with Crippen molar-refractivity contribution in [3.05, 3.63) is 88.8 Å². The third-order valence-corrected chi connectivity index (χ3v) is 4.56. The first-order valence-corrected chi connectivity index (χ1v) is 8.81. The standard InChI is InChI=1S/C21H14ClFN4O/c22-17-6-3-7-18(23)16(17)12-24-27-21(28)20-11-19(25-26-20)15-9-8-13-4-1-2-5-14(13)10-15/h1-12H,(H,25,26)(H,27,28)/b24-12-. The molecule has 28 heavy (non-hydrogen) atoms. The molecule has 1 amide bonds. The van der Waals surface area contributed by atoms with Crippen LogP contribution in [-0.2, 0) is 0 Å². The van der Waals surface area contributed by atoms with Crippen LogP contribution in [0.25, 0.3) is 22.0 Å². The minimum atomic E-state index is -0.523. The number of halogens is 2. The van der Waals surface area contributed by atoms with E-state index in [9.17, 15) is 9.18 Å². The summed E-state index contributed by atoms with van der Waals surface area (Å²) in [5, 5.41) is 13.1. The molecule has 0 atom stereocenters. The highest BCUT2D eigenvalue weighted by Crippen LogP contribution is 2.23. The molecule has 0 saturated heterocycles. The normalized spacial score (nSPS) is 11.2. The molecule has 1 heterocycles. The van der Waals surface area contributed by atoms with Gasteiger partial charge in [-0.15, -0.1) is 0 Å². The van der Waals surface area contributed by atoms with Crippen molar-refractivity contribution in [2.24, 2.45) is 5.10 Å². The molecule has 0 radical (unpaired) electrons. The van der Waals surface area contributed by atoms with E-state index in [1.807, 2.05) is 42.5 Å². The van der Waals surface area contributed by atoms with Gasteiger partial charge in [0.2, 0.25) is 0 Å². The van der Waals surface area contributed by atoms with E-state index in [4.69, 9.17) is 11.6 Å². The molecule has 0 bridgehead atoms. The first-order valence-electron chi connectivity index (χ1n) is 8.44. The Morgan fingerprint density at radius 3 is 2.71 bits per heavy atom. The average molecular weight is 393 g/mol. The zero-order valence-corrected chi connectivity index (χ0v) is 15.2. The van der Waals surface area contributed by atoms with Crippen molar-refractivity contribution in [3.8, 4) is 11.3 Å². The van der Waals surface area contributed by atoms with Crippen LogP contribution in [0.15, 0.2) is 71.8 Å². The summed E-state index contributed by atoms with van der Waals surface area (Å²) in [6.07, 6.45) is 1.16. The van der Waals surface area contributed by atoms with Gasteiger partial charge in [-0.1, -0.05) is 54.1 Å². The molecule has 3 aromatic carbocycles. The van der Waals surface area contributed by atoms with Gasteiger partial charge in [-0.3, -0.25) is 9.89 Å². The number of aromatic nitrogens is 2. The van der Waals surface area contributed by atoms with E-state index in [1.54, 1.807) is 12.1 Å². The van der Waals surface area contributed by atoms with Gasteiger partial charge in [0.25, 0.3) is 5.91 Å². The van der Waals surface area contributed by atoms with Crippen LogP contribution in [-0.4, -0.2) is 22.3 Å². The highest BCUT2D eigenvalue weighted by molar-refractivity contribution is 6.33. The highest BCUT2D eigenvalue weighted by atomic mass is 35.5. The van der Waals surface area contributed by atoms with Crippen molar-refractivity contribution in [1.29, 1.82) is 0 Å². The summed E-state index contributed by atoms with van der Waals surface area (Å²) in [5.74, 6) is -1.02. The van der Waals surface area contributed by atoms with E-state index in [0.717, 1.165) is 22.6 Å². The summed E-state index contributed by atoms with van der Waals surface area (Å²) in [6, 6.07) is 19.9. The number of carbonyl (C=O) groups excluding carboxylic acids is 1. The van der Waals surface area contributed by atoms with Crippen LogP contribution in [0.3, 0.4) is 0 Å². The molecule has 0 spiro atoms. The largest absolute Gasteiger partial charge is 0.289 e. The van der Waals surface area contributed by atoms with E-state index in [0.29, 0.717) is 5.69 Å². The lowest BCUT2D eigenvalue weighted by Gasteiger charge is -2.00. The topological polar surface area (TPSA) is 70.1 Å². The van der Waals surface area contributed by atoms with Gasteiger partial charge in [0.1, 0.15) is 11.5 Å². The maximum Gasteiger partial charge on any atom is 0.289 e. The van der Waals surface area contributed by atoms with E-state index in [-0.39, 0.29) is 16.3 Å². The molecule has 4 rings (SSSR count). The van der Waals surface area contributed by atoms with Crippen LogP contribution in [0, 0.1) is 5.82 Å². The van der Waals surface area contributed by atoms with Crippen LogP contribution < -0.4 is 5.43 Å². The lowest BCUT2D eigenvalue weighted by molar-refractivity contribution is 0.0950. The van der Waals surface area contributed by atoms with Gasteiger partial charge in [0, 0.05) is 11.1 Å². The minimum Gasteiger partial charge on any atom is -0.272 e. The molecule has 0 fully saturated rings. The van der Waals surface area contributed by atoms with Crippen LogP contribution in [0.5, 0.6) is 0 Å². The van der Waals surface area contributed by atoms with Crippen molar-refractivity contribution < 1.29 is 9.18 Å². The fourth-order valence-corrected chi connectivity index (χ4v) is 3.00. The number of H-pyrrole nitrogens is 1. The Kier molecular flexibility index (Phi) is 4.87. The van der Waals surface area contributed by atoms with Gasteiger partial charge in [0.15, 0.2) is 0 Å². The number of benzene rings is 3. The molecule has 2 N–H and O–H groups in total. The SMILES string of the molecule is O=C(N/N=C\c1c(F)cccc1Cl)c1cc(-c2ccc3ccccc3c2)n[nH]1. The third kappa shape index (κ3) is 3.63. The second-order valence-corrected chi connectivity index (χ2v) is 6.47. The van der Waals surface area contributed by atoms with Crippen molar-refractivity contribution in [1.82, 2.24) is 15.6 Å². The first-order chi connectivity index (χ1) is 13.6. The molecular formula is C21H14ClFN4O. The summed E-state index contributed by atoms with van der Waals surface area (Å²) < 4.78 is 13.7. The van der Waals surface area contributed by atoms with E-state index in [2.05, 4.69) is 20.7 Å². The quantitative estimate of drug-likeness (QED) is 0.387. The number of carbonyl (C=O) groups is 1. The van der Waals surface area contributed by atoms with Crippen LogP contribution in [0.4, 0.5) is 4.39 Å². The zero-order valence-electron chi connectivity index (χ0n) is 14.5. The molecule has 4 aromatic rings. The van der Waals surface area contributed by atoms with Crippen molar-refractivity contribution in [2.45, 2.75) is 0 Å². The summed E-state index contributed by atoms with van der Waals surface area (Å²) >= 11 is 5.91. The Balaban J connectivity index is 1.50. The summed E-state index contributed by atoms with van der Waals surface area (Å²) in [6.45, 7) is 0. The average Bonchev–Trinajstić information content (AvgIpc) is 3.20. The van der Waals surface area contributed by atoms with Crippen LogP contribution >= 0.6 is 11.6 Å². The molecule has 0 unspecified atom stereocenters. The molecule has 138 valence electrons. The van der Waals surface area contributed by atoms with Gasteiger partial charge < -0.3 is 0 Å². The fourth-order valence-electron chi connectivity index (χ4n) is 2.78. The Hall–Kier alpha value is -3.51. The highest BCUT2D eigenvalue weighted by Gasteiger charge is 2.11. The second-order valence-electron chi connectivity index (χ2n) is 6.06. The number of hydrogen-bond acceptors (Lipinski definition) is 3. The maximum atomic E-state index is 13.7. The van der Waals surface area contributed by atoms with Gasteiger partial charge in [-0.25, -0.2) is 9.82 Å². The number of aromatic amines is 1. The number of fused-ring (bicyclic) bond motifs is 1. The van der Waals surface area contributed by atoms with Gasteiger partial charge in [-0.05, 0) is 35.0 Å². The Bertz CT molecular complexity index is 1180. The zero-order chi connectivity index (χ0) is 19.5. The molecule has 5 nitrogen and oxygen atoms in total. The lowest BCUT2D eigenvalue weighted by Crippen LogP contribution is -2.18. The second kappa shape index (κ2) is 7.62. The maximum absolute atomic E-state index is 13.7. The molecule has 7 heteroatoms. The Morgan fingerprint density at radius 1 is 1.07 bits per heavy atom. The Labute approximate surface area is 164 Å². The van der Waals surface area contributed by atoms with E-state index < -0.39 is 11.7 Å². The number of amides is 1. The Morgan fingerprint density at radius 2 is 1.89 bits per heavy atom. The minimum absolute atomic E-state index is 0.103. The van der Waals surface area contributed by atoms with Crippen LogP contribution in [0.2, 0.25) is 5.02 Å². The van der Waals surface area contributed by atoms with Gasteiger partial charge in [-0.2, -0.15) is 10.2 Å². The third-order valence-electron chi connectivity index (χ3n) is 4.23. The summed E-state index contributed by atoms with van der Waals surface area (Å²) in [4.78, 5) is 12.2. The molecule has 0 aliphatic heterocycles. The molecular weight excluding hydrogens is 379 g/mol. The van der Waals surface area contributed by atoms with Gasteiger partial charge in [0.05, 0.1) is 16.9 Å². The monoisotopic (exact) mass is 392 g/mol. The lowest BCUT2D eigenvalue weighted by atomic mass is 10.1. The summed E-state index contributed by atoms with van der Waals surface area (Å²) in [5.41, 5.74) is 4.19. The smallest absolute Gasteiger partial charge is 0.272 e. The molecule has 0 saturated carbocycles. The number of hydrogen-bond donors (Lipinski definition) is 2. The van der Waals surface area contributed by atoms with Crippen LogP contribution in [0.1, 0.15) is 16.1 Å². The van der Waals surface area contributed by atoms with Gasteiger partial charge >= 0.3 is 0 Å². The van der Waals surface area contributed by atoms with E-state index in [1.165, 1.54) is 12.1 Å². The predicted molar refractivity (Wildman–Crippen MR) is 108 cm³/mol. The number of nitrogens with one attached hydrogen (secondary N) is 2. The number of rotatable bonds is 4. The number of nitrogens with zero attached hydrogens (tertiary/aromatic N) is 2. The molecule has 1 aromatic heterocycles. The van der Waals surface area contributed by atoms with Crippen molar-refractivity contribution >= 4 is 34.5 Å².